The fourth-order valence-electron chi connectivity index (χ4n) is 1.61. The van der Waals surface area contributed by atoms with Gasteiger partial charge in [-0.1, -0.05) is 40.2 Å². The second-order valence-electron chi connectivity index (χ2n) is 4.45. The fourth-order valence-corrected chi connectivity index (χ4v) is 1.88. The van der Waals surface area contributed by atoms with Crippen molar-refractivity contribution >= 4 is 28.1 Å². The zero-order chi connectivity index (χ0) is 15.1. The number of carbonyl (C=O) groups is 1. The summed E-state index contributed by atoms with van der Waals surface area (Å²) < 4.78 is 6.37. The number of hydrogen-bond donors (Lipinski definition) is 1. The van der Waals surface area contributed by atoms with Crippen LogP contribution in [0, 0.1) is 6.92 Å². The van der Waals surface area contributed by atoms with Gasteiger partial charge in [0.2, 0.25) is 0 Å². The molecule has 2 aromatic carbocycles. The molecule has 0 saturated heterocycles. The van der Waals surface area contributed by atoms with Crippen molar-refractivity contribution in [3.8, 4) is 5.75 Å². The van der Waals surface area contributed by atoms with E-state index < -0.39 is 0 Å². The Morgan fingerprint density at radius 3 is 2.76 bits per heavy atom. The van der Waals surface area contributed by atoms with Crippen molar-refractivity contribution in [1.82, 2.24) is 5.43 Å². The minimum Gasteiger partial charge on any atom is -0.484 e. The molecule has 21 heavy (non-hydrogen) atoms. The van der Waals surface area contributed by atoms with Gasteiger partial charge in [-0.15, -0.1) is 0 Å². The summed E-state index contributed by atoms with van der Waals surface area (Å²) in [4.78, 5) is 11.6. The molecule has 0 saturated carbocycles. The molecule has 5 heteroatoms. The summed E-state index contributed by atoms with van der Waals surface area (Å²) in [5.41, 5.74) is 4.41. The second-order valence-corrected chi connectivity index (χ2v) is 5.37. The Bertz CT molecular complexity index is 639. The van der Waals surface area contributed by atoms with Gasteiger partial charge < -0.3 is 4.74 Å². The van der Waals surface area contributed by atoms with Crippen molar-refractivity contribution in [2.75, 3.05) is 6.61 Å². The number of halogens is 1. The Morgan fingerprint density at radius 2 is 2.05 bits per heavy atom. The summed E-state index contributed by atoms with van der Waals surface area (Å²) in [7, 11) is 0. The quantitative estimate of drug-likeness (QED) is 0.667. The van der Waals surface area contributed by atoms with Gasteiger partial charge in [-0.2, -0.15) is 5.10 Å². The number of aryl methyl sites for hydroxylation is 1. The SMILES string of the molecule is Cc1cccc(OCC(=O)N/N=C/c2ccc(Br)cc2)c1. The van der Waals surface area contributed by atoms with Gasteiger partial charge in [0.1, 0.15) is 5.75 Å². The van der Waals surface area contributed by atoms with Gasteiger partial charge >= 0.3 is 0 Å². The molecule has 1 N–H and O–H groups in total. The van der Waals surface area contributed by atoms with E-state index in [1.165, 1.54) is 0 Å². The third-order valence-corrected chi connectivity index (χ3v) is 3.16. The number of carbonyl (C=O) groups excluding carboxylic acids is 1. The molecular weight excluding hydrogens is 332 g/mol. The van der Waals surface area contributed by atoms with Crippen LogP contribution < -0.4 is 10.2 Å². The van der Waals surface area contributed by atoms with Gasteiger partial charge in [-0.05, 0) is 42.3 Å². The van der Waals surface area contributed by atoms with Crippen LogP contribution in [-0.4, -0.2) is 18.7 Å². The van der Waals surface area contributed by atoms with Crippen LogP contribution >= 0.6 is 15.9 Å². The van der Waals surface area contributed by atoms with Crippen molar-refractivity contribution in [3.63, 3.8) is 0 Å². The highest BCUT2D eigenvalue weighted by atomic mass is 79.9. The standard InChI is InChI=1S/C16H15BrN2O2/c1-12-3-2-4-15(9-12)21-11-16(20)19-18-10-13-5-7-14(17)8-6-13/h2-10H,11H2,1H3,(H,19,20)/b18-10+. The van der Waals surface area contributed by atoms with E-state index in [-0.39, 0.29) is 12.5 Å². The van der Waals surface area contributed by atoms with Gasteiger partial charge in [-0.25, -0.2) is 5.43 Å². The van der Waals surface area contributed by atoms with Gasteiger partial charge in [0.05, 0.1) is 6.21 Å². The molecule has 0 aliphatic rings. The van der Waals surface area contributed by atoms with E-state index in [1.54, 1.807) is 6.21 Å². The van der Waals surface area contributed by atoms with E-state index in [4.69, 9.17) is 4.74 Å². The van der Waals surface area contributed by atoms with Crippen molar-refractivity contribution in [1.29, 1.82) is 0 Å². The van der Waals surface area contributed by atoms with Crippen LogP contribution in [0.15, 0.2) is 58.1 Å². The molecule has 4 nitrogen and oxygen atoms in total. The number of hydrogen-bond acceptors (Lipinski definition) is 3. The molecule has 108 valence electrons. The summed E-state index contributed by atoms with van der Waals surface area (Å²) in [6.07, 6.45) is 1.58. The van der Waals surface area contributed by atoms with Crippen LogP contribution in [0.5, 0.6) is 5.75 Å². The third kappa shape index (κ3) is 5.39. The predicted octanol–water partition coefficient (Wildman–Crippen LogP) is 3.29. The Labute approximate surface area is 132 Å². The lowest BCUT2D eigenvalue weighted by molar-refractivity contribution is -0.123. The van der Waals surface area contributed by atoms with Crippen LogP contribution in [-0.2, 0) is 4.79 Å². The minimum absolute atomic E-state index is 0.0683. The summed E-state index contributed by atoms with van der Waals surface area (Å²) >= 11 is 3.35. The monoisotopic (exact) mass is 346 g/mol. The molecule has 1 amide bonds. The maximum atomic E-state index is 11.6. The molecule has 0 fully saturated rings. The van der Waals surface area contributed by atoms with Crippen LogP contribution in [0.3, 0.4) is 0 Å². The Kier molecular flexibility index (Phi) is 5.51. The second kappa shape index (κ2) is 7.59. The first-order valence-corrected chi connectivity index (χ1v) is 7.20. The largest absolute Gasteiger partial charge is 0.484 e. The van der Waals surface area contributed by atoms with Gasteiger partial charge in [0.15, 0.2) is 6.61 Å². The lowest BCUT2D eigenvalue weighted by atomic mass is 10.2. The average Bonchev–Trinajstić information content (AvgIpc) is 2.47. The van der Waals surface area contributed by atoms with Crippen LogP contribution in [0.2, 0.25) is 0 Å². The van der Waals surface area contributed by atoms with Gasteiger partial charge in [0.25, 0.3) is 5.91 Å². The van der Waals surface area contributed by atoms with E-state index >= 15 is 0 Å². The Morgan fingerprint density at radius 1 is 1.29 bits per heavy atom. The zero-order valence-corrected chi connectivity index (χ0v) is 13.1. The number of ether oxygens (including phenoxy) is 1. The highest BCUT2D eigenvalue weighted by Crippen LogP contribution is 2.12. The fraction of sp³-hybridized carbons (Fsp3) is 0.125. The molecule has 0 aliphatic carbocycles. The highest BCUT2D eigenvalue weighted by Gasteiger charge is 2.01. The molecule has 2 rings (SSSR count). The van der Waals surface area contributed by atoms with Crippen molar-refractivity contribution in [3.05, 3.63) is 64.1 Å². The molecule has 0 atom stereocenters. The minimum atomic E-state index is -0.301. The van der Waals surface area contributed by atoms with Crippen molar-refractivity contribution in [2.24, 2.45) is 5.10 Å². The van der Waals surface area contributed by atoms with Gasteiger partial charge in [0, 0.05) is 4.47 Å². The first-order valence-electron chi connectivity index (χ1n) is 6.40. The van der Waals surface area contributed by atoms with Crippen molar-refractivity contribution < 1.29 is 9.53 Å². The molecule has 0 spiro atoms. The Balaban J connectivity index is 1.78. The maximum absolute atomic E-state index is 11.6. The number of amides is 1. The predicted molar refractivity (Wildman–Crippen MR) is 86.6 cm³/mol. The third-order valence-electron chi connectivity index (χ3n) is 2.63. The normalized spacial score (nSPS) is 10.6. The first kappa shape index (κ1) is 15.3. The molecular formula is C16H15BrN2O2. The summed E-state index contributed by atoms with van der Waals surface area (Å²) in [5, 5.41) is 3.88. The summed E-state index contributed by atoms with van der Waals surface area (Å²) in [6, 6.07) is 15.1. The van der Waals surface area contributed by atoms with E-state index in [0.717, 1.165) is 15.6 Å². The summed E-state index contributed by atoms with van der Waals surface area (Å²) in [5.74, 6) is 0.368. The topological polar surface area (TPSA) is 50.7 Å². The van der Waals surface area contributed by atoms with E-state index in [0.29, 0.717) is 5.75 Å². The Hall–Kier alpha value is -2.14. The highest BCUT2D eigenvalue weighted by molar-refractivity contribution is 9.10. The number of benzene rings is 2. The van der Waals surface area contributed by atoms with E-state index in [2.05, 4.69) is 26.5 Å². The van der Waals surface area contributed by atoms with Crippen LogP contribution in [0.25, 0.3) is 0 Å². The lowest BCUT2D eigenvalue weighted by Crippen LogP contribution is -2.24. The molecule has 0 heterocycles. The number of hydrazone groups is 1. The van der Waals surface area contributed by atoms with Crippen molar-refractivity contribution in [2.45, 2.75) is 6.92 Å². The zero-order valence-electron chi connectivity index (χ0n) is 11.5. The number of rotatable bonds is 5. The molecule has 0 radical (unpaired) electrons. The number of nitrogens with zero attached hydrogens (tertiary/aromatic N) is 1. The first-order chi connectivity index (χ1) is 10.1. The van der Waals surface area contributed by atoms with Crippen LogP contribution in [0.1, 0.15) is 11.1 Å². The lowest BCUT2D eigenvalue weighted by Gasteiger charge is -2.05. The summed E-state index contributed by atoms with van der Waals surface area (Å²) in [6.45, 7) is 1.90. The maximum Gasteiger partial charge on any atom is 0.277 e. The van der Waals surface area contributed by atoms with E-state index in [9.17, 15) is 4.79 Å². The average molecular weight is 347 g/mol. The van der Waals surface area contributed by atoms with Gasteiger partial charge in [-0.3, -0.25) is 4.79 Å². The van der Waals surface area contributed by atoms with Crippen LogP contribution in [0.4, 0.5) is 0 Å². The molecule has 0 aromatic heterocycles. The van der Waals surface area contributed by atoms with E-state index in [1.807, 2.05) is 55.5 Å². The smallest absolute Gasteiger partial charge is 0.277 e. The molecule has 0 bridgehead atoms. The number of nitrogens with one attached hydrogen (secondary N) is 1. The molecule has 0 aliphatic heterocycles. The molecule has 0 unspecified atom stereocenters. The molecule has 2 aromatic rings.